The highest BCUT2D eigenvalue weighted by molar-refractivity contribution is 6.03. The summed E-state index contributed by atoms with van der Waals surface area (Å²) in [7, 11) is 0. The minimum Gasteiger partial charge on any atom is -0.455 e. The van der Waals surface area contributed by atoms with Gasteiger partial charge in [0, 0.05) is 24.9 Å². The molecular formula is C19H29NO4. The molecule has 24 heavy (non-hydrogen) atoms. The summed E-state index contributed by atoms with van der Waals surface area (Å²) < 4.78 is 5.77. The van der Waals surface area contributed by atoms with Gasteiger partial charge in [0.2, 0.25) is 0 Å². The van der Waals surface area contributed by atoms with E-state index in [4.69, 9.17) is 4.42 Å². The van der Waals surface area contributed by atoms with Crippen molar-refractivity contribution in [1.29, 1.82) is 0 Å². The van der Waals surface area contributed by atoms with E-state index in [0.717, 1.165) is 0 Å². The highest BCUT2D eigenvalue weighted by Gasteiger charge is 2.37. The summed E-state index contributed by atoms with van der Waals surface area (Å²) in [5, 5.41) is 12.4. The van der Waals surface area contributed by atoms with Gasteiger partial charge in [0.15, 0.2) is 11.5 Å². The molecule has 2 rings (SSSR count). The minimum atomic E-state index is -0.422. The van der Waals surface area contributed by atoms with Gasteiger partial charge in [-0.1, -0.05) is 27.7 Å². The maximum atomic E-state index is 12.5. The topological polar surface area (TPSA) is 79.5 Å². The van der Waals surface area contributed by atoms with Crippen LogP contribution in [0.25, 0.3) is 0 Å². The van der Waals surface area contributed by atoms with Crippen molar-refractivity contribution in [2.45, 2.75) is 66.9 Å². The molecule has 1 aliphatic rings. The summed E-state index contributed by atoms with van der Waals surface area (Å²) in [4.78, 5) is 24.9. The fourth-order valence-corrected chi connectivity index (χ4v) is 3.57. The van der Waals surface area contributed by atoms with Crippen molar-refractivity contribution in [3.8, 4) is 0 Å². The lowest BCUT2D eigenvalue weighted by atomic mass is 9.76. The lowest BCUT2D eigenvalue weighted by Gasteiger charge is -2.27. The van der Waals surface area contributed by atoms with Crippen molar-refractivity contribution in [2.75, 3.05) is 6.54 Å². The first-order chi connectivity index (χ1) is 10.9. The third kappa shape index (κ3) is 4.07. The second-order valence-electron chi connectivity index (χ2n) is 8.70. The second-order valence-corrected chi connectivity index (χ2v) is 8.70. The average molecular weight is 335 g/mol. The number of fused-ring (bicyclic) bond motifs is 1. The first-order valence-corrected chi connectivity index (χ1v) is 8.54. The van der Waals surface area contributed by atoms with E-state index in [9.17, 15) is 14.7 Å². The number of amides is 1. The molecule has 0 saturated heterocycles. The Bertz CT molecular complexity index is 653. The van der Waals surface area contributed by atoms with Crippen LogP contribution in [-0.4, -0.2) is 29.4 Å². The van der Waals surface area contributed by atoms with Crippen LogP contribution in [0, 0.1) is 17.8 Å². The molecule has 1 aromatic rings. The Morgan fingerprint density at radius 1 is 1.38 bits per heavy atom. The molecule has 5 nitrogen and oxygen atoms in total. The van der Waals surface area contributed by atoms with E-state index in [1.165, 1.54) is 0 Å². The van der Waals surface area contributed by atoms with Crippen LogP contribution in [0.15, 0.2) is 4.42 Å². The summed E-state index contributed by atoms with van der Waals surface area (Å²) in [5.74, 6) is 0.614. The Morgan fingerprint density at radius 3 is 2.58 bits per heavy atom. The van der Waals surface area contributed by atoms with Gasteiger partial charge >= 0.3 is 0 Å². The number of furan rings is 1. The standard InChI is InChI=1S/C19H29NO4/c1-11(21)7-19(5,6)10-20-17(23)16-12(2)15-13(22)8-18(3,4)9-14(15)24-16/h11,21H,7-10H2,1-6H3,(H,20,23). The lowest BCUT2D eigenvalue weighted by Crippen LogP contribution is -2.35. The van der Waals surface area contributed by atoms with Gasteiger partial charge in [0.05, 0.1) is 11.7 Å². The number of nitrogens with one attached hydrogen (secondary N) is 1. The monoisotopic (exact) mass is 335 g/mol. The van der Waals surface area contributed by atoms with E-state index >= 15 is 0 Å². The summed E-state index contributed by atoms with van der Waals surface area (Å²) >= 11 is 0. The van der Waals surface area contributed by atoms with Gasteiger partial charge < -0.3 is 14.8 Å². The largest absolute Gasteiger partial charge is 0.455 e. The molecule has 0 bridgehead atoms. The summed E-state index contributed by atoms with van der Waals surface area (Å²) in [5.41, 5.74) is 0.863. The van der Waals surface area contributed by atoms with Crippen molar-refractivity contribution < 1.29 is 19.1 Å². The van der Waals surface area contributed by atoms with E-state index in [0.29, 0.717) is 42.7 Å². The van der Waals surface area contributed by atoms with Gasteiger partial charge in [-0.25, -0.2) is 0 Å². The van der Waals surface area contributed by atoms with Crippen molar-refractivity contribution in [1.82, 2.24) is 5.32 Å². The Labute approximate surface area is 143 Å². The summed E-state index contributed by atoms with van der Waals surface area (Å²) in [6.45, 7) is 12.0. The molecule has 0 aromatic carbocycles. The van der Waals surface area contributed by atoms with Crippen molar-refractivity contribution in [2.24, 2.45) is 10.8 Å². The first kappa shape index (κ1) is 18.7. The number of carbonyl (C=O) groups excluding carboxylic acids is 2. The molecule has 0 spiro atoms. The highest BCUT2D eigenvalue weighted by atomic mass is 16.4. The van der Waals surface area contributed by atoms with Crippen LogP contribution < -0.4 is 5.32 Å². The van der Waals surface area contributed by atoms with E-state index in [-0.39, 0.29) is 28.3 Å². The summed E-state index contributed by atoms with van der Waals surface area (Å²) in [6.07, 6.45) is 1.31. The maximum Gasteiger partial charge on any atom is 0.287 e. The molecule has 2 N–H and O–H groups in total. The zero-order valence-corrected chi connectivity index (χ0v) is 15.6. The number of hydrogen-bond donors (Lipinski definition) is 2. The van der Waals surface area contributed by atoms with Gasteiger partial charge in [0.1, 0.15) is 5.76 Å². The van der Waals surface area contributed by atoms with Crippen LogP contribution in [0.2, 0.25) is 0 Å². The molecule has 1 amide bonds. The van der Waals surface area contributed by atoms with Gasteiger partial charge in [-0.15, -0.1) is 0 Å². The molecule has 1 atom stereocenters. The summed E-state index contributed by atoms with van der Waals surface area (Å²) in [6, 6.07) is 0. The Hall–Kier alpha value is -1.62. The number of carbonyl (C=O) groups is 2. The quantitative estimate of drug-likeness (QED) is 0.865. The molecule has 0 saturated carbocycles. The number of ketones is 1. The van der Waals surface area contributed by atoms with Crippen LogP contribution in [-0.2, 0) is 6.42 Å². The van der Waals surface area contributed by atoms with E-state index in [1.807, 2.05) is 27.7 Å². The van der Waals surface area contributed by atoms with E-state index < -0.39 is 6.10 Å². The van der Waals surface area contributed by atoms with Crippen molar-refractivity contribution >= 4 is 11.7 Å². The van der Waals surface area contributed by atoms with Crippen LogP contribution in [0.5, 0.6) is 0 Å². The van der Waals surface area contributed by atoms with Gasteiger partial charge in [-0.05, 0) is 31.1 Å². The molecule has 1 heterocycles. The normalized spacial score (nSPS) is 18.2. The molecule has 0 radical (unpaired) electrons. The highest BCUT2D eigenvalue weighted by Crippen LogP contribution is 2.38. The predicted molar refractivity (Wildman–Crippen MR) is 92.3 cm³/mol. The Balaban J connectivity index is 2.16. The second kappa shape index (κ2) is 6.36. The maximum absolute atomic E-state index is 12.5. The zero-order chi connectivity index (χ0) is 18.3. The molecule has 1 unspecified atom stereocenters. The SMILES string of the molecule is Cc1c(C(=O)NCC(C)(C)CC(C)O)oc2c1C(=O)CC(C)(C)C2. The van der Waals surface area contributed by atoms with E-state index in [1.54, 1.807) is 13.8 Å². The van der Waals surface area contributed by atoms with Crippen molar-refractivity contribution in [3.05, 3.63) is 22.6 Å². The number of rotatable bonds is 5. The molecule has 134 valence electrons. The zero-order valence-electron chi connectivity index (χ0n) is 15.6. The van der Waals surface area contributed by atoms with Crippen LogP contribution in [0.4, 0.5) is 0 Å². The molecule has 1 aromatic heterocycles. The number of aliphatic hydroxyl groups is 1. The molecule has 0 fully saturated rings. The average Bonchev–Trinajstić information content (AvgIpc) is 2.70. The lowest BCUT2D eigenvalue weighted by molar-refractivity contribution is 0.0864. The molecule has 5 heteroatoms. The third-order valence-corrected chi connectivity index (χ3v) is 4.56. The number of aliphatic hydroxyl groups excluding tert-OH is 1. The molecular weight excluding hydrogens is 306 g/mol. The van der Waals surface area contributed by atoms with Crippen LogP contribution in [0.1, 0.15) is 79.7 Å². The molecule has 1 aliphatic carbocycles. The Kier molecular flexibility index (Phi) is 4.96. The van der Waals surface area contributed by atoms with E-state index in [2.05, 4.69) is 5.32 Å². The van der Waals surface area contributed by atoms with Gasteiger partial charge in [-0.3, -0.25) is 9.59 Å². The van der Waals surface area contributed by atoms with Crippen molar-refractivity contribution in [3.63, 3.8) is 0 Å². The Morgan fingerprint density at radius 2 is 2.00 bits per heavy atom. The van der Waals surface area contributed by atoms with Crippen LogP contribution in [0.3, 0.4) is 0 Å². The fourth-order valence-electron chi connectivity index (χ4n) is 3.57. The number of Topliss-reactive ketones (excluding diaryl/α,β-unsaturated/α-hetero) is 1. The van der Waals surface area contributed by atoms with Gasteiger partial charge in [-0.2, -0.15) is 0 Å². The van der Waals surface area contributed by atoms with Gasteiger partial charge in [0.25, 0.3) is 5.91 Å². The predicted octanol–water partition coefficient (Wildman–Crippen LogP) is 3.27. The third-order valence-electron chi connectivity index (χ3n) is 4.56. The smallest absolute Gasteiger partial charge is 0.287 e. The minimum absolute atomic E-state index is 0.0518. The van der Waals surface area contributed by atoms with Crippen LogP contribution >= 0.6 is 0 Å². The fraction of sp³-hybridized carbons (Fsp3) is 0.684. The number of hydrogen-bond acceptors (Lipinski definition) is 4. The molecule has 0 aliphatic heterocycles. The first-order valence-electron chi connectivity index (χ1n) is 8.54.